The number of rotatable bonds is 3. The van der Waals surface area contributed by atoms with Crippen molar-refractivity contribution in [2.24, 2.45) is 0 Å². The van der Waals surface area contributed by atoms with Gasteiger partial charge in [-0.15, -0.1) is 0 Å². The van der Waals surface area contributed by atoms with Crippen molar-refractivity contribution in [3.05, 3.63) is 18.0 Å². The number of nitrogens with zero attached hydrogens (tertiary/aromatic N) is 2. The van der Waals surface area contributed by atoms with E-state index in [1.165, 1.54) is 20.2 Å². The van der Waals surface area contributed by atoms with Gasteiger partial charge >= 0.3 is 0 Å². The summed E-state index contributed by atoms with van der Waals surface area (Å²) in [6, 6.07) is 1.60. The summed E-state index contributed by atoms with van der Waals surface area (Å²) in [6.45, 7) is 1.44. The van der Waals surface area contributed by atoms with Gasteiger partial charge in [0.05, 0.1) is 5.69 Å². The zero-order valence-corrected chi connectivity index (χ0v) is 7.52. The van der Waals surface area contributed by atoms with Crippen molar-refractivity contribution >= 4 is 11.7 Å². The third kappa shape index (κ3) is 2.22. The van der Waals surface area contributed by atoms with Crippen molar-refractivity contribution < 1.29 is 9.53 Å². The first-order valence-corrected chi connectivity index (χ1v) is 3.77. The van der Waals surface area contributed by atoms with Crippen molar-refractivity contribution in [1.82, 2.24) is 9.97 Å². The molecule has 0 aliphatic rings. The maximum absolute atomic E-state index is 11.1. The molecule has 0 fully saturated rings. The largest absolute Gasteiger partial charge is 0.368 e. The Balaban J connectivity index is 2.98. The smallest absolute Gasteiger partial charge is 0.220 e. The van der Waals surface area contributed by atoms with Crippen LogP contribution < -0.4 is 5.73 Å². The van der Waals surface area contributed by atoms with Crippen molar-refractivity contribution in [3.8, 4) is 0 Å². The fourth-order valence-electron chi connectivity index (χ4n) is 1.03. The molecule has 0 radical (unpaired) electrons. The molecule has 5 heteroatoms. The van der Waals surface area contributed by atoms with Crippen molar-refractivity contribution in [1.29, 1.82) is 0 Å². The van der Waals surface area contributed by atoms with Gasteiger partial charge in [-0.1, -0.05) is 0 Å². The predicted octanol–water partition coefficient (Wildman–Crippen LogP) is 0.335. The SMILES string of the molecule is COC(C(C)=O)c1ccnc(N)n1. The van der Waals surface area contributed by atoms with E-state index < -0.39 is 6.10 Å². The van der Waals surface area contributed by atoms with Gasteiger partial charge in [-0.05, 0) is 13.0 Å². The summed E-state index contributed by atoms with van der Waals surface area (Å²) in [7, 11) is 1.45. The second kappa shape index (κ2) is 3.95. The van der Waals surface area contributed by atoms with Crippen LogP contribution in [-0.2, 0) is 9.53 Å². The van der Waals surface area contributed by atoms with Crippen LogP contribution in [0.1, 0.15) is 18.7 Å². The number of carbonyl (C=O) groups excluding carboxylic acids is 1. The Bertz CT molecular complexity index is 314. The molecule has 0 aromatic carbocycles. The lowest BCUT2D eigenvalue weighted by Gasteiger charge is -2.10. The maximum atomic E-state index is 11.1. The summed E-state index contributed by atoms with van der Waals surface area (Å²) in [5.41, 5.74) is 5.85. The number of aromatic nitrogens is 2. The summed E-state index contributed by atoms with van der Waals surface area (Å²) in [5.74, 6) is 0.0291. The molecule has 1 aromatic rings. The van der Waals surface area contributed by atoms with E-state index in [0.717, 1.165) is 0 Å². The maximum Gasteiger partial charge on any atom is 0.220 e. The van der Waals surface area contributed by atoms with E-state index in [0.29, 0.717) is 5.69 Å². The van der Waals surface area contributed by atoms with E-state index in [2.05, 4.69) is 9.97 Å². The summed E-state index contributed by atoms with van der Waals surface area (Å²) in [5, 5.41) is 0. The molecule has 0 saturated carbocycles. The third-order valence-electron chi connectivity index (χ3n) is 1.57. The fraction of sp³-hybridized carbons (Fsp3) is 0.375. The topological polar surface area (TPSA) is 78.1 Å². The Morgan fingerprint density at radius 3 is 2.85 bits per heavy atom. The predicted molar refractivity (Wildman–Crippen MR) is 46.9 cm³/mol. The van der Waals surface area contributed by atoms with Gasteiger partial charge in [0.1, 0.15) is 0 Å². The highest BCUT2D eigenvalue weighted by atomic mass is 16.5. The highest BCUT2D eigenvalue weighted by molar-refractivity contribution is 5.81. The summed E-state index contributed by atoms with van der Waals surface area (Å²) < 4.78 is 4.96. The van der Waals surface area contributed by atoms with Crippen LogP contribution in [0.25, 0.3) is 0 Å². The zero-order valence-electron chi connectivity index (χ0n) is 7.52. The molecule has 0 aliphatic carbocycles. The highest BCUT2D eigenvalue weighted by Gasteiger charge is 2.17. The molecule has 0 aliphatic heterocycles. The Labute approximate surface area is 75.9 Å². The fourth-order valence-corrected chi connectivity index (χ4v) is 1.03. The van der Waals surface area contributed by atoms with E-state index >= 15 is 0 Å². The third-order valence-corrected chi connectivity index (χ3v) is 1.57. The quantitative estimate of drug-likeness (QED) is 0.727. The number of carbonyl (C=O) groups is 1. The van der Waals surface area contributed by atoms with Crippen LogP contribution in [0.4, 0.5) is 5.95 Å². The standard InChI is InChI=1S/C8H11N3O2/c1-5(12)7(13-2)6-3-4-10-8(9)11-6/h3-4,7H,1-2H3,(H2,9,10,11). The molecule has 1 atom stereocenters. The highest BCUT2D eigenvalue weighted by Crippen LogP contribution is 2.14. The first-order chi connectivity index (χ1) is 6.15. The number of Topliss-reactive ketones (excluding diaryl/α,β-unsaturated/α-hetero) is 1. The van der Waals surface area contributed by atoms with Gasteiger partial charge in [0.25, 0.3) is 0 Å². The molecule has 0 bridgehead atoms. The Morgan fingerprint density at radius 1 is 1.69 bits per heavy atom. The lowest BCUT2D eigenvalue weighted by atomic mass is 10.2. The Morgan fingerprint density at radius 2 is 2.38 bits per heavy atom. The molecule has 0 saturated heterocycles. The minimum absolute atomic E-state index is 0.111. The number of hydrogen-bond donors (Lipinski definition) is 1. The van der Waals surface area contributed by atoms with E-state index in [-0.39, 0.29) is 11.7 Å². The van der Waals surface area contributed by atoms with Crippen LogP contribution in [0.15, 0.2) is 12.3 Å². The molecular formula is C8H11N3O2. The molecule has 13 heavy (non-hydrogen) atoms. The number of ether oxygens (including phenoxy) is 1. The van der Waals surface area contributed by atoms with Gasteiger partial charge in [0.2, 0.25) is 5.95 Å². The summed E-state index contributed by atoms with van der Waals surface area (Å²) in [6.07, 6.45) is 0.845. The summed E-state index contributed by atoms with van der Waals surface area (Å²) >= 11 is 0. The van der Waals surface area contributed by atoms with Crippen LogP contribution in [0, 0.1) is 0 Å². The number of nitrogens with two attached hydrogens (primary N) is 1. The van der Waals surface area contributed by atoms with Gasteiger partial charge < -0.3 is 10.5 Å². The first-order valence-electron chi connectivity index (χ1n) is 3.77. The summed E-state index contributed by atoms with van der Waals surface area (Å²) in [4.78, 5) is 18.7. The normalized spacial score (nSPS) is 12.5. The van der Waals surface area contributed by atoms with Gasteiger partial charge in [0, 0.05) is 13.3 Å². The lowest BCUT2D eigenvalue weighted by Crippen LogP contribution is -2.13. The minimum atomic E-state index is -0.648. The Hall–Kier alpha value is -1.49. The molecule has 1 aromatic heterocycles. The average Bonchev–Trinajstić information content (AvgIpc) is 2.04. The molecule has 1 unspecified atom stereocenters. The number of ketones is 1. The molecule has 2 N–H and O–H groups in total. The van der Waals surface area contributed by atoms with Crippen LogP contribution >= 0.6 is 0 Å². The lowest BCUT2D eigenvalue weighted by molar-refractivity contribution is -0.127. The van der Waals surface area contributed by atoms with Gasteiger partial charge in [0.15, 0.2) is 11.9 Å². The second-order valence-corrected chi connectivity index (χ2v) is 2.57. The molecular weight excluding hydrogens is 170 g/mol. The van der Waals surface area contributed by atoms with Crippen molar-refractivity contribution in [2.45, 2.75) is 13.0 Å². The second-order valence-electron chi connectivity index (χ2n) is 2.57. The number of nitrogen functional groups attached to an aromatic ring is 1. The number of anilines is 1. The minimum Gasteiger partial charge on any atom is -0.368 e. The van der Waals surface area contributed by atoms with Gasteiger partial charge in [-0.25, -0.2) is 9.97 Å². The van der Waals surface area contributed by atoms with Crippen LogP contribution in [0.3, 0.4) is 0 Å². The van der Waals surface area contributed by atoms with Gasteiger partial charge in [-0.2, -0.15) is 0 Å². The monoisotopic (exact) mass is 181 g/mol. The van der Waals surface area contributed by atoms with E-state index in [9.17, 15) is 4.79 Å². The molecule has 5 nitrogen and oxygen atoms in total. The van der Waals surface area contributed by atoms with E-state index in [4.69, 9.17) is 10.5 Å². The molecule has 1 rings (SSSR count). The number of methoxy groups -OCH3 is 1. The molecule has 70 valence electrons. The number of hydrogen-bond acceptors (Lipinski definition) is 5. The van der Waals surface area contributed by atoms with E-state index in [1.807, 2.05) is 0 Å². The molecule has 1 heterocycles. The van der Waals surface area contributed by atoms with Crippen LogP contribution in [0.5, 0.6) is 0 Å². The van der Waals surface area contributed by atoms with Gasteiger partial charge in [-0.3, -0.25) is 4.79 Å². The van der Waals surface area contributed by atoms with Crippen molar-refractivity contribution in [3.63, 3.8) is 0 Å². The van der Waals surface area contributed by atoms with Crippen molar-refractivity contribution in [2.75, 3.05) is 12.8 Å². The molecule has 0 amide bonds. The zero-order chi connectivity index (χ0) is 9.84. The first kappa shape index (κ1) is 9.60. The average molecular weight is 181 g/mol. The van der Waals surface area contributed by atoms with Crippen LogP contribution in [0.2, 0.25) is 0 Å². The van der Waals surface area contributed by atoms with Crippen LogP contribution in [-0.4, -0.2) is 22.9 Å². The molecule has 0 spiro atoms. The Kier molecular flexibility index (Phi) is 2.92. The van der Waals surface area contributed by atoms with E-state index in [1.54, 1.807) is 6.07 Å².